The summed E-state index contributed by atoms with van der Waals surface area (Å²) in [5.74, 6) is -1.81. The highest BCUT2D eigenvalue weighted by molar-refractivity contribution is 7.89. The summed E-state index contributed by atoms with van der Waals surface area (Å²) in [6, 6.07) is 5.55. The molecule has 1 amide bonds. The molecule has 3 N–H and O–H groups in total. The summed E-state index contributed by atoms with van der Waals surface area (Å²) in [6.45, 7) is 1.69. The van der Waals surface area contributed by atoms with Crippen LogP contribution in [0.5, 0.6) is 0 Å². The second-order valence-electron chi connectivity index (χ2n) is 8.93. The van der Waals surface area contributed by atoms with Crippen molar-refractivity contribution in [3.8, 4) is 0 Å². The number of guanidine groups is 1. The SMILES string of the molecule is C[C@@]1(c2cc(NC(=O)Cc3ccc(C(F)(F)F)cn3)ccc2F)CS(=O)(=O)N(CC2CC2)C(N)=N1. The molecule has 1 aliphatic heterocycles. The molecule has 0 spiro atoms. The number of halogens is 4. The van der Waals surface area contributed by atoms with E-state index in [2.05, 4.69) is 15.3 Å². The Kier molecular flexibility index (Phi) is 6.24. The van der Waals surface area contributed by atoms with Crippen LogP contribution in [0.25, 0.3) is 0 Å². The summed E-state index contributed by atoms with van der Waals surface area (Å²) in [6.07, 6.45) is -2.40. The average molecular weight is 514 g/mol. The molecular weight excluding hydrogens is 490 g/mol. The molecule has 0 saturated heterocycles. The number of nitrogens with two attached hydrogens (primary N) is 1. The standard InChI is InChI=1S/C22H23F4N5O3S/c1-21(12-35(33,34)31(20(27)30-21)11-13-2-3-13)17-8-16(6-7-18(17)23)29-19(32)9-15-5-4-14(10-28-15)22(24,25)26/h4-8,10,13H,2-3,9,11-12H2,1H3,(H2,27,30)(H,29,32)/t21-/m0/s1. The topological polar surface area (TPSA) is 118 Å². The molecule has 8 nitrogen and oxygen atoms in total. The first-order chi connectivity index (χ1) is 16.3. The van der Waals surface area contributed by atoms with E-state index in [1.165, 1.54) is 19.1 Å². The maximum atomic E-state index is 14.8. The van der Waals surface area contributed by atoms with Crippen molar-refractivity contribution in [3.05, 3.63) is 59.2 Å². The second-order valence-corrected chi connectivity index (χ2v) is 10.8. The van der Waals surface area contributed by atoms with Crippen LogP contribution in [0, 0.1) is 11.7 Å². The van der Waals surface area contributed by atoms with Crippen molar-refractivity contribution in [2.75, 3.05) is 17.6 Å². The van der Waals surface area contributed by atoms with Gasteiger partial charge in [-0.05, 0) is 56.0 Å². The minimum absolute atomic E-state index is 0.0689. The van der Waals surface area contributed by atoms with Crippen LogP contribution in [0.3, 0.4) is 0 Å². The van der Waals surface area contributed by atoms with E-state index >= 15 is 0 Å². The van der Waals surface area contributed by atoms with E-state index in [0.717, 1.165) is 35.3 Å². The number of anilines is 1. The third kappa shape index (κ3) is 5.55. The molecular formula is C22H23F4N5O3S. The van der Waals surface area contributed by atoms with Gasteiger partial charge >= 0.3 is 6.18 Å². The normalized spacial score (nSPS) is 22.0. The van der Waals surface area contributed by atoms with Gasteiger partial charge in [-0.1, -0.05) is 0 Å². The summed E-state index contributed by atoms with van der Waals surface area (Å²) in [5, 5.41) is 2.53. The third-order valence-corrected chi connectivity index (χ3v) is 7.80. The zero-order valence-corrected chi connectivity index (χ0v) is 19.5. The Labute approximate surface area is 199 Å². The van der Waals surface area contributed by atoms with Crippen LogP contribution in [-0.4, -0.2) is 41.9 Å². The predicted molar refractivity (Wildman–Crippen MR) is 120 cm³/mol. The number of rotatable bonds is 6. The summed E-state index contributed by atoms with van der Waals surface area (Å²) < 4.78 is 79.7. The maximum absolute atomic E-state index is 14.8. The number of amides is 1. The van der Waals surface area contributed by atoms with E-state index in [9.17, 15) is 30.8 Å². The number of nitrogens with zero attached hydrogens (tertiary/aromatic N) is 3. The van der Waals surface area contributed by atoms with Crippen LogP contribution in [-0.2, 0) is 33.0 Å². The fraction of sp³-hybridized carbons (Fsp3) is 0.409. The highest BCUT2D eigenvalue weighted by atomic mass is 32.2. The number of aliphatic imine (C=N–C) groups is 1. The summed E-state index contributed by atoms with van der Waals surface area (Å²) in [4.78, 5) is 20.4. The van der Waals surface area contributed by atoms with Gasteiger partial charge in [0.1, 0.15) is 11.4 Å². The number of aromatic nitrogens is 1. The lowest BCUT2D eigenvalue weighted by Crippen LogP contribution is -2.53. The summed E-state index contributed by atoms with van der Waals surface area (Å²) >= 11 is 0. The fourth-order valence-corrected chi connectivity index (χ4v) is 5.73. The van der Waals surface area contributed by atoms with Crippen molar-refractivity contribution in [1.82, 2.24) is 9.29 Å². The molecule has 35 heavy (non-hydrogen) atoms. The Balaban J connectivity index is 1.52. The number of carbonyl (C=O) groups excluding carboxylic acids is 1. The van der Waals surface area contributed by atoms with Gasteiger partial charge in [0.25, 0.3) is 0 Å². The third-order valence-electron chi connectivity index (χ3n) is 5.86. The molecule has 2 aromatic rings. The van der Waals surface area contributed by atoms with Gasteiger partial charge in [-0.25, -0.2) is 22.1 Å². The Hall–Kier alpha value is -3.22. The molecule has 1 saturated carbocycles. The Morgan fingerprint density at radius 3 is 2.54 bits per heavy atom. The van der Waals surface area contributed by atoms with Crippen LogP contribution < -0.4 is 11.1 Å². The number of alkyl halides is 3. The lowest BCUT2D eigenvalue weighted by atomic mass is 9.93. The van der Waals surface area contributed by atoms with Crippen LogP contribution in [0.2, 0.25) is 0 Å². The van der Waals surface area contributed by atoms with Gasteiger partial charge in [0, 0.05) is 29.7 Å². The highest BCUT2D eigenvalue weighted by Crippen LogP contribution is 2.37. The van der Waals surface area contributed by atoms with E-state index < -0.39 is 44.8 Å². The Morgan fingerprint density at radius 1 is 1.26 bits per heavy atom. The predicted octanol–water partition coefficient (Wildman–Crippen LogP) is 3.01. The average Bonchev–Trinajstić information content (AvgIpc) is 3.56. The fourth-order valence-electron chi connectivity index (χ4n) is 3.88. The van der Waals surface area contributed by atoms with Gasteiger partial charge in [0.05, 0.1) is 17.7 Å². The lowest BCUT2D eigenvalue weighted by Gasteiger charge is -2.36. The molecule has 188 valence electrons. The molecule has 0 bridgehead atoms. The number of hydrogen-bond donors (Lipinski definition) is 2. The molecule has 1 aliphatic carbocycles. The zero-order chi connectivity index (χ0) is 25.6. The van der Waals surface area contributed by atoms with Crippen molar-refractivity contribution in [1.29, 1.82) is 0 Å². The van der Waals surface area contributed by atoms with Gasteiger partial charge in [-0.15, -0.1) is 0 Å². The van der Waals surface area contributed by atoms with Crippen LogP contribution in [0.15, 0.2) is 41.5 Å². The number of sulfonamides is 1. The molecule has 13 heteroatoms. The molecule has 2 heterocycles. The maximum Gasteiger partial charge on any atom is 0.417 e. The zero-order valence-electron chi connectivity index (χ0n) is 18.6. The van der Waals surface area contributed by atoms with Crippen LogP contribution in [0.1, 0.15) is 36.6 Å². The molecule has 2 aliphatic rings. The molecule has 4 rings (SSSR count). The van der Waals surface area contributed by atoms with Crippen LogP contribution in [0.4, 0.5) is 23.2 Å². The first-order valence-corrected chi connectivity index (χ1v) is 12.4. The quantitative estimate of drug-likeness (QED) is 0.576. The Bertz CT molecular complexity index is 1280. The van der Waals surface area contributed by atoms with E-state index in [4.69, 9.17) is 5.73 Å². The number of hydrogen-bond acceptors (Lipinski definition) is 6. The smallest absolute Gasteiger partial charge is 0.369 e. The minimum Gasteiger partial charge on any atom is -0.369 e. The van der Waals surface area contributed by atoms with Crippen molar-refractivity contribution >= 4 is 27.6 Å². The van der Waals surface area contributed by atoms with E-state index in [1.807, 2.05) is 0 Å². The highest BCUT2D eigenvalue weighted by Gasteiger charge is 2.44. The van der Waals surface area contributed by atoms with Gasteiger partial charge in [0.15, 0.2) is 0 Å². The van der Waals surface area contributed by atoms with Crippen LogP contribution >= 0.6 is 0 Å². The summed E-state index contributed by atoms with van der Waals surface area (Å²) in [7, 11) is -3.86. The molecule has 1 aromatic heterocycles. The minimum atomic E-state index is -4.54. The van der Waals surface area contributed by atoms with Gasteiger partial charge in [0.2, 0.25) is 21.9 Å². The lowest BCUT2D eigenvalue weighted by molar-refractivity contribution is -0.137. The van der Waals surface area contributed by atoms with Crippen molar-refractivity contribution < 1.29 is 30.8 Å². The van der Waals surface area contributed by atoms with Gasteiger partial charge in [-0.2, -0.15) is 13.2 Å². The van der Waals surface area contributed by atoms with Crippen molar-refractivity contribution in [3.63, 3.8) is 0 Å². The monoisotopic (exact) mass is 513 g/mol. The number of carbonyl (C=O) groups is 1. The van der Waals surface area contributed by atoms with E-state index in [1.54, 1.807) is 0 Å². The molecule has 1 atom stereocenters. The number of benzene rings is 1. The van der Waals surface area contributed by atoms with Gasteiger partial charge in [-0.3, -0.25) is 9.78 Å². The first-order valence-electron chi connectivity index (χ1n) is 10.7. The van der Waals surface area contributed by atoms with Crippen molar-refractivity contribution in [2.24, 2.45) is 16.6 Å². The molecule has 0 radical (unpaired) electrons. The largest absolute Gasteiger partial charge is 0.417 e. The van der Waals surface area contributed by atoms with Crippen molar-refractivity contribution in [2.45, 2.75) is 37.9 Å². The molecule has 0 unspecified atom stereocenters. The van der Waals surface area contributed by atoms with Gasteiger partial charge < -0.3 is 11.1 Å². The second kappa shape index (κ2) is 8.77. The summed E-state index contributed by atoms with van der Waals surface area (Å²) in [5.41, 5.74) is 3.70. The first kappa shape index (κ1) is 24.9. The van der Waals surface area contributed by atoms with E-state index in [-0.39, 0.29) is 41.8 Å². The Morgan fingerprint density at radius 2 is 1.97 bits per heavy atom. The molecule has 1 fully saturated rings. The number of pyridine rings is 1. The van der Waals surface area contributed by atoms with E-state index in [0.29, 0.717) is 6.20 Å². The number of nitrogens with one attached hydrogen (secondary N) is 1. The molecule has 1 aromatic carbocycles.